The van der Waals surface area contributed by atoms with Gasteiger partial charge in [-0.05, 0) is 28.1 Å². The fourth-order valence-corrected chi connectivity index (χ4v) is 1.62. The van der Waals surface area contributed by atoms with Crippen LogP contribution in [0.4, 0.5) is 17.2 Å². The van der Waals surface area contributed by atoms with Crippen molar-refractivity contribution in [1.82, 2.24) is 9.97 Å². The number of nitrogen functional groups attached to an aromatic ring is 1. The first-order valence-electron chi connectivity index (χ1n) is 4.87. The van der Waals surface area contributed by atoms with Gasteiger partial charge in [-0.2, -0.15) is 0 Å². The average molecular weight is 295 g/mol. The largest absolute Gasteiger partial charge is 0.481 e. The molecule has 3 N–H and O–H groups in total. The van der Waals surface area contributed by atoms with E-state index in [9.17, 15) is 0 Å². The van der Waals surface area contributed by atoms with E-state index in [1.165, 1.54) is 0 Å². The summed E-state index contributed by atoms with van der Waals surface area (Å²) < 4.78 is 5.81. The quantitative estimate of drug-likeness (QED) is 0.910. The van der Waals surface area contributed by atoms with Gasteiger partial charge in [-0.25, -0.2) is 9.97 Å². The lowest BCUT2D eigenvalue weighted by Crippen LogP contribution is -1.99. The van der Waals surface area contributed by atoms with Crippen LogP contribution in [0.15, 0.2) is 35.1 Å². The van der Waals surface area contributed by atoms with Gasteiger partial charge in [0.05, 0.1) is 24.7 Å². The van der Waals surface area contributed by atoms with Crippen LogP contribution in [0, 0.1) is 0 Å². The number of rotatable bonds is 3. The molecule has 0 aliphatic carbocycles. The Morgan fingerprint density at radius 2 is 2.12 bits per heavy atom. The van der Waals surface area contributed by atoms with E-state index in [4.69, 9.17) is 10.5 Å². The van der Waals surface area contributed by atoms with Gasteiger partial charge >= 0.3 is 0 Å². The van der Waals surface area contributed by atoms with Gasteiger partial charge < -0.3 is 15.8 Å². The number of hydrogen-bond donors (Lipinski definition) is 2. The Kier molecular flexibility index (Phi) is 3.43. The molecule has 0 spiro atoms. The second-order valence-electron chi connectivity index (χ2n) is 3.31. The Bertz CT molecular complexity index is 515. The predicted octanol–water partition coefficient (Wildman–Crippen LogP) is 2.57. The molecule has 0 saturated carbocycles. The molecule has 0 amide bonds. The van der Waals surface area contributed by atoms with Crippen LogP contribution >= 0.6 is 15.9 Å². The lowest BCUT2D eigenvalue weighted by atomic mass is 10.3. The van der Waals surface area contributed by atoms with Crippen molar-refractivity contribution in [3.63, 3.8) is 0 Å². The molecule has 0 radical (unpaired) electrons. The monoisotopic (exact) mass is 294 g/mol. The topological polar surface area (TPSA) is 73.1 Å². The van der Waals surface area contributed by atoms with Crippen LogP contribution in [0.25, 0.3) is 0 Å². The van der Waals surface area contributed by atoms with Crippen molar-refractivity contribution in [3.8, 4) is 5.88 Å². The van der Waals surface area contributed by atoms with Crippen LogP contribution in [-0.4, -0.2) is 17.1 Å². The summed E-state index contributed by atoms with van der Waals surface area (Å²) in [6.07, 6.45) is 3.33. The van der Waals surface area contributed by atoms with Crippen LogP contribution in [0.2, 0.25) is 0 Å². The maximum Gasteiger partial charge on any atom is 0.213 e. The minimum Gasteiger partial charge on any atom is -0.481 e. The molecular formula is C11H11BrN4O. The number of nitrogens with two attached hydrogens (primary N) is 1. The van der Waals surface area contributed by atoms with Crippen LogP contribution in [0.5, 0.6) is 5.88 Å². The molecule has 0 aliphatic rings. The molecule has 6 heteroatoms. The number of nitrogens with zero attached hydrogens (tertiary/aromatic N) is 2. The van der Waals surface area contributed by atoms with Crippen LogP contribution in [-0.2, 0) is 0 Å². The van der Waals surface area contributed by atoms with E-state index in [-0.39, 0.29) is 0 Å². The van der Waals surface area contributed by atoms with E-state index < -0.39 is 0 Å². The summed E-state index contributed by atoms with van der Waals surface area (Å²) >= 11 is 3.30. The molecule has 5 nitrogen and oxygen atoms in total. The first kappa shape index (κ1) is 11.7. The number of pyridine rings is 2. The summed E-state index contributed by atoms with van der Waals surface area (Å²) in [6, 6.07) is 5.39. The summed E-state index contributed by atoms with van der Waals surface area (Å²) in [5.41, 5.74) is 7.19. The first-order valence-corrected chi connectivity index (χ1v) is 5.66. The number of halogens is 1. The highest BCUT2D eigenvalue weighted by molar-refractivity contribution is 9.10. The summed E-state index contributed by atoms with van der Waals surface area (Å²) in [7, 11) is 1.57. The van der Waals surface area contributed by atoms with E-state index in [2.05, 4.69) is 31.2 Å². The number of ether oxygens (including phenoxy) is 1. The Hall–Kier alpha value is -1.82. The van der Waals surface area contributed by atoms with Gasteiger partial charge in [0.2, 0.25) is 5.88 Å². The molecule has 0 unspecified atom stereocenters. The Morgan fingerprint density at radius 3 is 2.71 bits per heavy atom. The van der Waals surface area contributed by atoms with Gasteiger partial charge in [0, 0.05) is 16.7 Å². The number of aromatic nitrogens is 2. The van der Waals surface area contributed by atoms with Gasteiger partial charge in [-0.1, -0.05) is 0 Å². The molecule has 88 valence electrons. The fourth-order valence-electron chi connectivity index (χ4n) is 1.27. The minimum atomic E-state index is 0.562. The van der Waals surface area contributed by atoms with Gasteiger partial charge in [-0.3, -0.25) is 0 Å². The molecule has 17 heavy (non-hydrogen) atoms. The average Bonchev–Trinajstić information content (AvgIpc) is 2.34. The molecule has 2 aromatic rings. The summed E-state index contributed by atoms with van der Waals surface area (Å²) in [4.78, 5) is 8.25. The van der Waals surface area contributed by atoms with Crippen LogP contribution < -0.4 is 15.8 Å². The number of nitrogens with one attached hydrogen (secondary N) is 1. The van der Waals surface area contributed by atoms with Crippen molar-refractivity contribution in [2.45, 2.75) is 0 Å². The van der Waals surface area contributed by atoms with Crippen molar-refractivity contribution in [3.05, 3.63) is 35.1 Å². The molecule has 0 aromatic carbocycles. The maximum absolute atomic E-state index is 5.83. The van der Waals surface area contributed by atoms with Gasteiger partial charge in [0.25, 0.3) is 0 Å². The highest BCUT2D eigenvalue weighted by Crippen LogP contribution is 2.23. The van der Waals surface area contributed by atoms with Crippen molar-refractivity contribution in [2.75, 3.05) is 18.2 Å². The molecule has 2 rings (SSSR count). The predicted molar refractivity (Wildman–Crippen MR) is 70.4 cm³/mol. The molecule has 0 bridgehead atoms. The second kappa shape index (κ2) is 5.01. The number of hydrogen-bond acceptors (Lipinski definition) is 5. The third kappa shape index (κ3) is 2.85. The van der Waals surface area contributed by atoms with Crippen molar-refractivity contribution >= 4 is 33.1 Å². The van der Waals surface area contributed by atoms with E-state index in [0.29, 0.717) is 17.4 Å². The highest BCUT2D eigenvalue weighted by Gasteiger charge is 2.02. The SMILES string of the molecule is COc1ccc(Nc2ncc(Br)cc2N)cn1. The zero-order valence-corrected chi connectivity index (χ0v) is 10.7. The van der Waals surface area contributed by atoms with Crippen molar-refractivity contribution < 1.29 is 4.74 Å². The number of methoxy groups -OCH3 is 1. The molecule has 0 saturated heterocycles. The normalized spacial score (nSPS) is 10.0. The molecule has 0 aliphatic heterocycles. The Balaban J connectivity index is 2.19. The van der Waals surface area contributed by atoms with E-state index in [1.54, 1.807) is 31.6 Å². The zero-order chi connectivity index (χ0) is 12.3. The second-order valence-corrected chi connectivity index (χ2v) is 4.22. The van der Waals surface area contributed by atoms with Gasteiger partial charge in [0.15, 0.2) is 5.82 Å². The molecule has 0 fully saturated rings. The standard InChI is InChI=1S/C11H11BrN4O/c1-17-10-3-2-8(6-14-10)16-11-9(13)4-7(12)5-15-11/h2-6H,13H2,1H3,(H,15,16). The molecule has 0 atom stereocenters. The molecule has 2 heterocycles. The van der Waals surface area contributed by atoms with Gasteiger partial charge in [0.1, 0.15) is 0 Å². The third-order valence-electron chi connectivity index (χ3n) is 2.09. The smallest absolute Gasteiger partial charge is 0.213 e. The molecule has 2 aromatic heterocycles. The lowest BCUT2D eigenvalue weighted by molar-refractivity contribution is 0.398. The maximum atomic E-state index is 5.83. The number of anilines is 3. The van der Waals surface area contributed by atoms with E-state index >= 15 is 0 Å². The zero-order valence-electron chi connectivity index (χ0n) is 9.14. The van der Waals surface area contributed by atoms with E-state index in [0.717, 1.165) is 10.2 Å². The summed E-state index contributed by atoms with van der Waals surface area (Å²) in [5, 5.41) is 3.08. The summed E-state index contributed by atoms with van der Waals surface area (Å²) in [6.45, 7) is 0. The van der Waals surface area contributed by atoms with Crippen LogP contribution in [0.1, 0.15) is 0 Å². The van der Waals surface area contributed by atoms with Crippen molar-refractivity contribution in [2.24, 2.45) is 0 Å². The van der Waals surface area contributed by atoms with E-state index in [1.807, 2.05) is 6.07 Å². The first-order chi connectivity index (χ1) is 8.19. The minimum absolute atomic E-state index is 0.562. The third-order valence-corrected chi connectivity index (χ3v) is 2.53. The Labute approximate surface area is 107 Å². The fraction of sp³-hybridized carbons (Fsp3) is 0.0909. The lowest BCUT2D eigenvalue weighted by Gasteiger charge is -2.08. The van der Waals surface area contributed by atoms with Crippen LogP contribution in [0.3, 0.4) is 0 Å². The highest BCUT2D eigenvalue weighted by atomic mass is 79.9. The molecular weight excluding hydrogens is 284 g/mol. The van der Waals surface area contributed by atoms with Crippen molar-refractivity contribution in [1.29, 1.82) is 0 Å². The Morgan fingerprint density at radius 1 is 1.29 bits per heavy atom. The van der Waals surface area contributed by atoms with Gasteiger partial charge in [-0.15, -0.1) is 0 Å². The summed E-state index contributed by atoms with van der Waals surface area (Å²) in [5.74, 6) is 1.16.